The van der Waals surface area contributed by atoms with Crippen molar-refractivity contribution in [2.75, 3.05) is 6.79 Å². The molecule has 6 nitrogen and oxygen atoms in total. The van der Waals surface area contributed by atoms with Gasteiger partial charge in [-0.15, -0.1) is 0 Å². The van der Waals surface area contributed by atoms with E-state index in [1.807, 2.05) is 42.5 Å². The van der Waals surface area contributed by atoms with E-state index in [-0.39, 0.29) is 12.7 Å². The molecule has 0 saturated heterocycles. The Balaban J connectivity index is 1.44. The fourth-order valence-corrected chi connectivity index (χ4v) is 3.12. The maximum absolute atomic E-state index is 12.6. The normalized spacial score (nSPS) is 12.2. The summed E-state index contributed by atoms with van der Waals surface area (Å²) in [6, 6.07) is 20.5. The predicted octanol–water partition coefficient (Wildman–Crippen LogP) is 4.52. The van der Waals surface area contributed by atoms with E-state index in [1.54, 1.807) is 30.5 Å². The van der Waals surface area contributed by atoms with Crippen molar-refractivity contribution in [1.82, 2.24) is 5.43 Å². The molecule has 0 atom stereocenters. The van der Waals surface area contributed by atoms with Gasteiger partial charge in [-0.05, 0) is 47.5 Å². The highest BCUT2D eigenvalue weighted by Crippen LogP contribution is 2.32. The fourth-order valence-electron chi connectivity index (χ4n) is 2.76. The Labute approximate surface area is 176 Å². The number of benzene rings is 3. The lowest BCUT2D eigenvalue weighted by atomic mass is 10.2. The topological polar surface area (TPSA) is 69.2 Å². The number of nitrogens with zero attached hydrogens (tertiary/aromatic N) is 1. The third kappa shape index (κ3) is 4.75. The van der Waals surface area contributed by atoms with Crippen molar-refractivity contribution in [1.29, 1.82) is 0 Å². The van der Waals surface area contributed by atoms with Crippen molar-refractivity contribution in [2.45, 2.75) is 6.61 Å². The molecule has 3 aromatic rings. The van der Waals surface area contributed by atoms with E-state index in [9.17, 15) is 4.79 Å². The maximum Gasteiger partial charge on any atom is 0.275 e. The third-order valence-corrected chi connectivity index (χ3v) is 4.69. The molecule has 1 aliphatic heterocycles. The van der Waals surface area contributed by atoms with Crippen LogP contribution in [0.2, 0.25) is 0 Å². The van der Waals surface area contributed by atoms with E-state index < -0.39 is 0 Å². The van der Waals surface area contributed by atoms with Crippen molar-refractivity contribution in [2.24, 2.45) is 5.10 Å². The molecule has 0 unspecified atom stereocenters. The molecule has 0 aliphatic carbocycles. The summed E-state index contributed by atoms with van der Waals surface area (Å²) < 4.78 is 17.2. The molecule has 0 aromatic heterocycles. The molecule has 1 aliphatic rings. The number of carbonyl (C=O) groups is 1. The number of nitrogens with one attached hydrogen (secondary N) is 1. The van der Waals surface area contributed by atoms with Gasteiger partial charge in [0.2, 0.25) is 6.79 Å². The second-order valence-electron chi connectivity index (χ2n) is 6.23. The van der Waals surface area contributed by atoms with Crippen LogP contribution in [0.1, 0.15) is 21.5 Å². The van der Waals surface area contributed by atoms with Crippen LogP contribution in [0.3, 0.4) is 0 Å². The van der Waals surface area contributed by atoms with Gasteiger partial charge in [0.05, 0.1) is 11.8 Å². The number of hydrogen-bond acceptors (Lipinski definition) is 5. The second-order valence-corrected chi connectivity index (χ2v) is 7.14. The summed E-state index contributed by atoms with van der Waals surface area (Å²) in [4.78, 5) is 12.6. The molecule has 0 spiro atoms. The minimum Gasteiger partial charge on any atom is -0.488 e. The molecule has 7 heteroatoms. The Morgan fingerprint density at radius 2 is 1.90 bits per heavy atom. The van der Waals surface area contributed by atoms with Crippen molar-refractivity contribution in [3.8, 4) is 17.2 Å². The molecular weight excluding hydrogens is 436 g/mol. The number of halogens is 1. The molecule has 29 heavy (non-hydrogen) atoms. The largest absolute Gasteiger partial charge is 0.488 e. The number of ether oxygens (including phenoxy) is 3. The average molecular weight is 453 g/mol. The SMILES string of the molecule is O=C(NN=Cc1ccc2c(c1)OCO2)c1cc(Br)ccc1OCc1ccccc1. The van der Waals surface area contributed by atoms with Crippen LogP contribution in [-0.4, -0.2) is 18.9 Å². The lowest BCUT2D eigenvalue weighted by molar-refractivity contribution is 0.0950. The van der Waals surface area contributed by atoms with E-state index >= 15 is 0 Å². The van der Waals surface area contributed by atoms with Gasteiger partial charge in [0.25, 0.3) is 5.91 Å². The van der Waals surface area contributed by atoms with Gasteiger partial charge in [-0.25, -0.2) is 5.43 Å². The van der Waals surface area contributed by atoms with Crippen LogP contribution in [0.25, 0.3) is 0 Å². The van der Waals surface area contributed by atoms with Gasteiger partial charge in [-0.3, -0.25) is 4.79 Å². The summed E-state index contributed by atoms with van der Waals surface area (Å²) in [6.07, 6.45) is 1.54. The minimum atomic E-state index is -0.369. The van der Waals surface area contributed by atoms with Gasteiger partial charge in [0, 0.05) is 4.47 Å². The minimum absolute atomic E-state index is 0.210. The molecule has 146 valence electrons. The first-order valence-corrected chi connectivity index (χ1v) is 9.68. The molecule has 1 N–H and O–H groups in total. The van der Waals surface area contributed by atoms with Gasteiger partial charge in [0.15, 0.2) is 11.5 Å². The number of rotatable bonds is 6. The van der Waals surface area contributed by atoms with E-state index in [2.05, 4.69) is 26.5 Å². The van der Waals surface area contributed by atoms with Crippen LogP contribution in [0.15, 0.2) is 76.3 Å². The maximum atomic E-state index is 12.6. The van der Waals surface area contributed by atoms with Crippen LogP contribution >= 0.6 is 15.9 Å². The van der Waals surface area contributed by atoms with Crippen molar-refractivity contribution in [3.05, 3.63) is 87.9 Å². The Bertz CT molecular complexity index is 1050. The van der Waals surface area contributed by atoms with E-state index in [1.165, 1.54) is 0 Å². The highest BCUT2D eigenvalue weighted by Gasteiger charge is 2.14. The summed E-state index contributed by atoms with van der Waals surface area (Å²) in [6.45, 7) is 0.574. The van der Waals surface area contributed by atoms with Crippen molar-refractivity contribution in [3.63, 3.8) is 0 Å². The van der Waals surface area contributed by atoms with E-state index in [0.29, 0.717) is 29.4 Å². The predicted molar refractivity (Wildman–Crippen MR) is 113 cm³/mol. The monoisotopic (exact) mass is 452 g/mol. The summed E-state index contributed by atoms with van der Waals surface area (Å²) >= 11 is 3.39. The van der Waals surface area contributed by atoms with Gasteiger partial charge < -0.3 is 14.2 Å². The molecule has 1 amide bonds. The van der Waals surface area contributed by atoms with Gasteiger partial charge in [-0.1, -0.05) is 46.3 Å². The molecule has 0 saturated carbocycles. The summed E-state index contributed by atoms with van der Waals surface area (Å²) in [5, 5.41) is 4.04. The van der Waals surface area contributed by atoms with Crippen LogP contribution in [-0.2, 0) is 6.61 Å². The zero-order valence-corrected chi connectivity index (χ0v) is 16.9. The highest BCUT2D eigenvalue weighted by atomic mass is 79.9. The Morgan fingerprint density at radius 1 is 1.07 bits per heavy atom. The highest BCUT2D eigenvalue weighted by molar-refractivity contribution is 9.10. The van der Waals surface area contributed by atoms with Gasteiger partial charge in [0.1, 0.15) is 12.4 Å². The molecule has 4 rings (SSSR count). The van der Waals surface area contributed by atoms with Crippen LogP contribution in [0.4, 0.5) is 0 Å². The second kappa shape index (κ2) is 8.79. The number of fused-ring (bicyclic) bond motifs is 1. The lowest BCUT2D eigenvalue weighted by Gasteiger charge is -2.11. The van der Waals surface area contributed by atoms with Crippen LogP contribution < -0.4 is 19.6 Å². The molecule has 0 fully saturated rings. The molecule has 3 aromatic carbocycles. The smallest absolute Gasteiger partial charge is 0.275 e. The number of amides is 1. The average Bonchev–Trinajstić information content (AvgIpc) is 3.21. The van der Waals surface area contributed by atoms with E-state index in [4.69, 9.17) is 14.2 Å². The molecule has 0 bridgehead atoms. The first-order chi connectivity index (χ1) is 14.2. The zero-order chi connectivity index (χ0) is 20.1. The van der Waals surface area contributed by atoms with Crippen molar-refractivity contribution >= 4 is 28.1 Å². The summed E-state index contributed by atoms with van der Waals surface area (Å²) in [7, 11) is 0. The molecule has 1 heterocycles. The Kier molecular flexibility index (Phi) is 5.76. The van der Waals surface area contributed by atoms with Gasteiger partial charge in [-0.2, -0.15) is 5.10 Å². The van der Waals surface area contributed by atoms with Crippen LogP contribution in [0.5, 0.6) is 17.2 Å². The molecular formula is C22H17BrN2O4. The van der Waals surface area contributed by atoms with Crippen LogP contribution in [0, 0.1) is 0 Å². The Hall–Kier alpha value is -3.32. The quantitative estimate of drug-likeness (QED) is 0.440. The van der Waals surface area contributed by atoms with E-state index in [0.717, 1.165) is 15.6 Å². The summed E-state index contributed by atoms with van der Waals surface area (Å²) in [5.41, 5.74) is 4.72. The lowest BCUT2D eigenvalue weighted by Crippen LogP contribution is -2.18. The number of hydrogen-bond donors (Lipinski definition) is 1. The first-order valence-electron chi connectivity index (χ1n) is 8.88. The standard InChI is InChI=1S/C22H17BrN2O4/c23-17-7-9-19(27-13-15-4-2-1-3-5-15)18(11-17)22(26)25-24-12-16-6-8-20-21(10-16)29-14-28-20/h1-12H,13-14H2,(H,25,26). The van der Waals surface area contributed by atoms with Gasteiger partial charge >= 0.3 is 0 Å². The molecule has 0 radical (unpaired) electrons. The first kappa shape index (κ1) is 19.0. The van der Waals surface area contributed by atoms with Crippen molar-refractivity contribution < 1.29 is 19.0 Å². The summed E-state index contributed by atoms with van der Waals surface area (Å²) in [5.74, 6) is 1.46. The zero-order valence-electron chi connectivity index (χ0n) is 15.3. The number of carbonyl (C=O) groups excluding carboxylic acids is 1. The fraction of sp³-hybridized carbons (Fsp3) is 0.0909. The third-order valence-electron chi connectivity index (χ3n) is 4.20. The Morgan fingerprint density at radius 3 is 2.76 bits per heavy atom. The number of hydrazone groups is 1.